The van der Waals surface area contributed by atoms with Crippen LogP contribution in [-0.2, 0) is 0 Å². The smallest absolute Gasteiger partial charge is 0.323 e. The van der Waals surface area contributed by atoms with E-state index in [0.717, 1.165) is 0 Å². The minimum atomic E-state index is -2.49. The summed E-state index contributed by atoms with van der Waals surface area (Å²) in [5.74, 6) is -0.106. The monoisotopic (exact) mass is 233 g/mol. The van der Waals surface area contributed by atoms with E-state index in [0.29, 0.717) is 0 Å². The Kier molecular flexibility index (Phi) is 4.15. The molecule has 0 aliphatic carbocycles. The van der Waals surface area contributed by atoms with Gasteiger partial charge in [-0.15, -0.1) is 0 Å². The number of ether oxygens (including phenoxy) is 1. The van der Waals surface area contributed by atoms with Crippen LogP contribution in [0.3, 0.4) is 0 Å². The predicted molar refractivity (Wildman–Crippen MR) is 54.5 cm³/mol. The van der Waals surface area contributed by atoms with Crippen LogP contribution in [0.1, 0.15) is 13.8 Å². The zero-order valence-electron chi connectivity index (χ0n) is 8.94. The van der Waals surface area contributed by atoms with E-state index in [2.05, 4.69) is 20.3 Å². The predicted octanol–water partition coefficient (Wildman–Crippen LogP) is 0.918. The number of hydrogen-bond donors (Lipinski definition) is 2. The molecule has 0 bridgehead atoms. The van der Waals surface area contributed by atoms with Crippen LogP contribution in [0.25, 0.3) is 0 Å². The summed E-state index contributed by atoms with van der Waals surface area (Å²) in [4.78, 5) is 11.1. The number of nitrogens with one attached hydrogen (secondary N) is 1. The third kappa shape index (κ3) is 4.20. The van der Waals surface area contributed by atoms with Gasteiger partial charge in [-0.3, -0.25) is 0 Å². The summed E-state index contributed by atoms with van der Waals surface area (Å²) in [5.41, 5.74) is 5.37. The first kappa shape index (κ1) is 12.3. The normalized spacial score (nSPS) is 10.9. The molecule has 0 atom stereocenters. The van der Waals surface area contributed by atoms with Crippen molar-refractivity contribution in [2.75, 3.05) is 17.6 Å². The van der Waals surface area contributed by atoms with Crippen molar-refractivity contribution < 1.29 is 13.5 Å². The highest BCUT2D eigenvalue weighted by Crippen LogP contribution is 2.10. The van der Waals surface area contributed by atoms with Crippen LogP contribution in [0.2, 0.25) is 0 Å². The van der Waals surface area contributed by atoms with Crippen LogP contribution in [0.15, 0.2) is 0 Å². The molecule has 0 aliphatic rings. The molecule has 0 saturated heterocycles. The number of nitrogens with zero attached hydrogens (tertiary/aromatic N) is 3. The van der Waals surface area contributed by atoms with Gasteiger partial charge in [0.05, 0.1) is 12.6 Å². The molecule has 1 aromatic rings. The van der Waals surface area contributed by atoms with Gasteiger partial charge in [0, 0.05) is 0 Å². The summed E-state index contributed by atoms with van der Waals surface area (Å²) < 4.78 is 29.0. The van der Waals surface area contributed by atoms with Crippen molar-refractivity contribution in [3.8, 4) is 6.01 Å². The Labute approximate surface area is 91.2 Å². The molecule has 0 amide bonds. The van der Waals surface area contributed by atoms with Gasteiger partial charge in [-0.25, -0.2) is 8.78 Å². The van der Waals surface area contributed by atoms with Gasteiger partial charge in [-0.2, -0.15) is 15.0 Å². The topological polar surface area (TPSA) is 86.0 Å². The molecular formula is C8H13F2N5O. The van der Waals surface area contributed by atoms with Gasteiger partial charge >= 0.3 is 6.01 Å². The van der Waals surface area contributed by atoms with Crippen LogP contribution in [0, 0.1) is 0 Å². The SMILES string of the molecule is CC(C)Oc1nc(N)nc(NCC(F)F)n1. The van der Waals surface area contributed by atoms with Crippen LogP contribution in [-0.4, -0.2) is 34.0 Å². The number of halogens is 2. The van der Waals surface area contributed by atoms with Crippen molar-refractivity contribution in [3.63, 3.8) is 0 Å². The number of hydrogen-bond acceptors (Lipinski definition) is 6. The second kappa shape index (κ2) is 5.38. The second-order valence-corrected chi connectivity index (χ2v) is 3.24. The van der Waals surface area contributed by atoms with Gasteiger partial charge < -0.3 is 15.8 Å². The maximum atomic E-state index is 11.9. The summed E-state index contributed by atoms with van der Waals surface area (Å²) in [7, 11) is 0. The molecule has 0 saturated carbocycles. The fraction of sp³-hybridized carbons (Fsp3) is 0.625. The van der Waals surface area contributed by atoms with E-state index >= 15 is 0 Å². The first-order valence-electron chi connectivity index (χ1n) is 4.67. The number of alkyl halides is 2. The number of anilines is 2. The van der Waals surface area contributed by atoms with Gasteiger partial charge in [0.1, 0.15) is 0 Å². The molecular weight excluding hydrogens is 220 g/mol. The molecule has 90 valence electrons. The number of nitrogen functional groups attached to an aromatic ring is 1. The third-order valence-electron chi connectivity index (χ3n) is 1.39. The van der Waals surface area contributed by atoms with E-state index in [1.165, 1.54) is 0 Å². The molecule has 0 aromatic carbocycles. The zero-order valence-corrected chi connectivity index (χ0v) is 8.94. The Balaban J connectivity index is 2.73. The first-order valence-corrected chi connectivity index (χ1v) is 4.67. The highest BCUT2D eigenvalue weighted by atomic mass is 19.3. The zero-order chi connectivity index (χ0) is 12.1. The molecule has 0 fully saturated rings. The van der Waals surface area contributed by atoms with E-state index < -0.39 is 13.0 Å². The summed E-state index contributed by atoms with van der Waals surface area (Å²) in [6.07, 6.45) is -2.63. The summed E-state index contributed by atoms with van der Waals surface area (Å²) >= 11 is 0. The van der Waals surface area contributed by atoms with Crippen LogP contribution in [0.5, 0.6) is 6.01 Å². The van der Waals surface area contributed by atoms with Gasteiger partial charge in [0.2, 0.25) is 11.9 Å². The summed E-state index contributed by atoms with van der Waals surface area (Å²) in [6, 6.07) is 0.0132. The molecule has 0 aliphatic heterocycles. The van der Waals surface area contributed by atoms with Crippen LogP contribution in [0.4, 0.5) is 20.7 Å². The van der Waals surface area contributed by atoms with E-state index in [1.54, 1.807) is 13.8 Å². The average Bonchev–Trinajstić information content (AvgIpc) is 2.12. The number of nitrogens with two attached hydrogens (primary N) is 1. The van der Waals surface area contributed by atoms with Gasteiger partial charge in [-0.1, -0.05) is 0 Å². The Hall–Kier alpha value is -1.73. The van der Waals surface area contributed by atoms with Crippen molar-refractivity contribution >= 4 is 11.9 Å². The first-order chi connectivity index (χ1) is 7.47. The molecule has 16 heavy (non-hydrogen) atoms. The average molecular weight is 233 g/mol. The van der Waals surface area contributed by atoms with Gasteiger partial charge in [0.25, 0.3) is 6.43 Å². The molecule has 1 aromatic heterocycles. The number of rotatable bonds is 5. The Morgan fingerprint density at radius 1 is 1.31 bits per heavy atom. The molecule has 0 unspecified atom stereocenters. The highest BCUT2D eigenvalue weighted by Gasteiger charge is 2.08. The van der Waals surface area contributed by atoms with Crippen molar-refractivity contribution in [1.82, 2.24) is 15.0 Å². The Morgan fingerprint density at radius 3 is 2.56 bits per heavy atom. The molecule has 8 heteroatoms. The highest BCUT2D eigenvalue weighted by molar-refractivity contribution is 5.32. The summed E-state index contributed by atoms with van der Waals surface area (Å²) in [6.45, 7) is 3.02. The lowest BCUT2D eigenvalue weighted by atomic mass is 10.5. The maximum Gasteiger partial charge on any atom is 0.323 e. The van der Waals surface area contributed by atoms with Gasteiger partial charge in [0.15, 0.2) is 0 Å². The van der Waals surface area contributed by atoms with E-state index in [-0.39, 0.29) is 24.0 Å². The fourth-order valence-electron chi connectivity index (χ4n) is 0.883. The van der Waals surface area contributed by atoms with Crippen LogP contribution >= 0.6 is 0 Å². The van der Waals surface area contributed by atoms with E-state index in [4.69, 9.17) is 10.5 Å². The lowest BCUT2D eigenvalue weighted by Crippen LogP contribution is -2.16. The third-order valence-corrected chi connectivity index (χ3v) is 1.39. The molecule has 1 rings (SSSR count). The molecule has 6 nitrogen and oxygen atoms in total. The maximum absolute atomic E-state index is 11.9. The Morgan fingerprint density at radius 2 is 2.00 bits per heavy atom. The molecule has 0 radical (unpaired) electrons. The van der Waals surface area contributed by atoms with E-state index in [9.17, 15) is 8.78 Å². The van der Waals surface area contributed by atoms with Gasteiger partial charge in [-0.05, 0) is 13.8 Å². The van der Waals surface area contributed by atoms with Crippen molar-refractivity contribution in [3.05, 3.63) is 0 Å². The minimum Gasteiger partial charge on any atom is -0.461 e. The fourth-order valence-corrected chi connectivity index (χ4v) is 0.883. The molecule has 1 heterocycles. The second-order valence-electron chi connectivity index (χ2n) is 3.24. The minimum absolute atomic E-state index is 0.0132. The van der Waals surface area contributed by atoms with Crippen LogP contribution < -0.4 is 15.8 Å². The van der Waals surface area contributed by atoms with Crippen molar-refractivity contribution in [1.29, 1.82) is 0 Å². The lowest BCUT2D eigenvalue weighted by molar-refractivity contribution is 0.163. The summed E-state index contributed by atoms with van der Waals surface area (Å²) in [5, 5.41) is 2.33. The standard InChI is InChI=1S/C8H13F2N5O/c1-4(2)16-8-14-6(11)13-7(15-8)12-3-5(9)10/h4-5H,3H2,1-2H3,(H3,11,12,13,14,15). The largest absolute Gasteiger partial charge is 0.461 e. The quantitative estimate of drug-likeness (QED) is 0.786. The van der Waals surface area contributed by atoms with Crippen molar-refractivity contribution in [2.24, 2.45) is 0 Å². The number of aromatic nitrogens is 3. The van der Waals surface area contributed by atoms with E-state index in [1.807, 2.05) is 0 Å². The van der Waals surface area contributed by atoms with Crippen molar-refractivity contribution in [2.45, 2.75) is 26.4 Å². The Bertz CT molecular complexity index is 347. The molecule has 0 spiro atoms. The lowest BCUT2D eigenvalue weighted by Gasteiger charge is -2.09. The molecule has 3 N–H and O–H groups in total.